The fourth-order valence-corrected chi connectivity index (χ4v) is 3.67. The lowest BCUT2D eigenvalue weighted by Gasteiger charge is -2.14. The van der Waals surface area contributed by atoms with Gasteiger partial charge < -0.3 is 5.32 Å². The van der Waals surface area contributed by atoms with Crippen LogP contribution in [0.1, 0.15) is 33.8 Å². The number of carbonyl (C=O) groups is 1. The van der Waals surface area contributed by atoms with Gasteiger partial charge in [-0.3, -0.25) is 4.79 Å². The summed E-state index contributed by atoms with van der Waals surface area (Å²) in [4.78, 5) is 13.2. The van der Waals surface area contributed by atoms with E-state index in [-0.39, 0.29) is 17.8 Å². The molecule has 4 heteroatoms. The van der Waals surface area contributed by atoms with E-state index < -0.39 is 0 Å². The Bertz CT molecular complexity index is 840. The van der Waals surface area contributed by atoms with Gasteiger partial charge in [0.1, 0.15) is 5.82 Å². The number of aryl methyl sites for hydroxylation is 1. The molecule has 3 aromatic rings. The number of thiophene rings is 1. The van der Waals surface area contributed by atoms with Crippen molar-refractivity contribution in [3.63, 3.8) is 0 Å². The molecule has 1 aromatic heterocycles. The molecular formula is C18H16FNOS. The largest absolute Gasteiger partial charge is 0.345 e. The standard InChI is InChI=1S/C18H16FNOS/c1-11-13-7-4-6-10-16(13)22-17(11)18(21)20-12(2)14-8-3-5-9-15(14)19/h3-10,12H,1-2H3,(H,20,21). The lowest BCUT2D eigenvalue weighted by Crippen LogP contribution is -2.27. The topological polar surface area (TPSA) is 29.1 Å². The zero-order chi connectivity index (χ0) is 15.7. The molecule has 0 spiro atoms. The van der Waals surface area contributed by atoms with E-state index in [0.717, 1.165) is 15.6 Å². The predicted octanol–water partition coefficient (Wildman–Crippen LogP) is 4.84. The molecule has 0 radical (unpaired) electrons. The van der Waals surface area contributed by atoms with Gasteiger partial charge in [0.25, 0.3) is 5.91 Å². The molecule has 0 aliphatic heterocycles. The van der Waals surface area contributed by atoms with Crippen LogP contribution in [0.4, 0.5) is 4.39 Å². The number of amides is 1. The molecule has 1 atom stereocenters. The van der Waals surface area contributed by atoms with Crippen LogP contribution in [0.3, 0.4) is 0 Å². The lowest BCUT2D eigenvalue weighted by molar-refractivity contribution is 0.0943. The van der Waals surface area contributed by atoms with Gasteiger partial charge in [0.15, 0.2) is 0 Å². The number of nitrogens with one attached hydrogen (secondary N) is 1. The highest BCUT2D eigenvalue weighted by Crippen LogP contribution is 2.31. The average molecular weight is 313 g/mol. The van der Waals surface area contributed by atoms with Crippen LogP contribution in [0.2, 0.25) is 0 Å². The van der Waals surface area contributed by atoms with Gasteiger partial charge in [0.05, 0.1) is 10.9 Å². The first-order chi connectivity index (χ1) is 10.6. The number of carbonyl (C=O) groups excluding carboxylic acids is 1. The molecule has 1 unspecified atom stereocenters. The van der Waals surface area contributed by atoms with Crippen LogP contribution in [0, 0.1) is 12.7 Å². The Morgan fingerprint density at radius 3 is 2.55 bits per heavy atom. The summed E-state index contributed by atoms with van der Waals surface area (Å²) in [6.07, 6.45) is 0. The number of hydrogen-bond acceptors (Lipinski definition) is 2. The maximum Gasteiger partial charge on any atom is 0.262 e. The quantitative estimate of drug-likeness (QED) is 0.736. The van der Waals surface area contributed by atoms with Gasteiger partial charge in [0.2, 0.25) is 0 Å². The van der Waals surface area contributed by atoms with Crippen molar-refractivity contribution in [1.29, 1.82) is 0 Å². The fraction of sp³-hybridized carbons (Fsp3) is 0.167. The zero-order valence-corrected chi connectivity index (χ0v) is 13.2. The third kappa shape index (κ3) is 2.62. The first-order valence-corrected chi connectivity index (χ1v) is 7.93. The monoisotopic (exact) mass is 313 g/mol. The third-order valence-corrected chi connectivity index (χ3v) is 5.04. The van der Waals surface area contributed by atoms with Crippen LogP contribution in [0.25, 0.3) is 10.1 Å². The van der Waals surface area contributed by atoms with E-state index in [1.165, 1.54) is 17.4 Å². The predicted molar refractivity (Wildman–Crippen MR) is 88.8 cm³/mol. The Balaban J connectivity index is 1.87. The number of rotatable bonds is 3. The maximum atomic E-state index is 13.8. The van der Waals surface area contributed by atoms with Gasteiger partial charge in [-0.15, -0.1) is 11.3 Å². The van der Waals surface area contributed by atoms with Gasteiger partial charge in [-0.05, 0) is 36.9 Å². The minimum absolute atomic E-state index is 0.158. The van der Waals surface area contributed by atoms with Gasteiger partial charge in [-0.2, -0.15) is 0 Å². The molecule has 1 heterocycles. The van der Waals surface area contributed by atoms with Crippen LogP contribution < -0.4 is 5.32 Å². The third-order valence-electron chi connectivity index (χ3n) is 3.77. The molecule has 0 aliphatic carbocycles. The molecule has 1 N–H and O–H groups in total. The molecular weight excluding hydrogens is 297 g/mol. The number of fused-ring (bicyclic) bond motifs is 1. The van der Waals surface area contributed by atoms with Gasteiger partial charge in [-0.25, -0.2) is 4.39 Å². The highest BCUT2D eigenvalue weighted by atomic mass is 32.1. The summed E-state index contributed by atoms with van der Waals surface area (Å²) in [6, 6.07) is 14.1. The first kappa shape index (κ1) is 14.7. The molecule has 112 valence electrons. The second kappa shape index (κ2) is 5.89. The lowest BCUT2D eigenvalue weighted by atomic mass is 10.1. The van der Waals surface area contributed by atoms with Crippen molar-refractivity contribution in [2.45, 2.75) is 19.9 Å². The first-order valence-electron chi connectivity index (χ1n) is 7.11. The van der Waals surface area contributed by atoms with Crippen LogP contribution in [-0.4, -0.2) is 5.91 Å². The van der Waals surface area contributed by atoms with Crippen molar-refractivity contribution in [1.82, 2.24) is 5.32 Å². The zero-order valence-electron chi connectivity index (χ0n) is 12.4. The highest BCUT2D eigenvalue weighted by Gasteiger charge is 2.18. The van der Waals surface area contributed by atoms with Gasteiger partial charge >= 0.3 is 0 Å². The molecule has 1 amide bonds. The van der Waals surface area contributed by atoms with E-state index >= 15 is 0 Å². The molecule has 0 saturated heterocycles. The Kier molecular flexibility index (Phi) is 3.94. The van der Waals surface area contributed by atoms with E-state index in [1.54, 1.807) is 25.1 Å². The summed E-state index contributed by atoms with van der Waals surface area (Å²) in [6.45, 7) is 3.74. The fourth-order valence-electron chi connectivity index (χ4n) is 2.56. The van der Waals surface area contributed by atoms with E-state index in [9.17, 15) is 9.18 Å². The second-order valence-corrected chi connectivity index (χ2v) is 6.32. The number of hydrogen-bond donors (Lipinski definition) is 1. The van der Waals surface area contributed by atoms with Crippen molar-refractivity contribution in [2.24, 2.45) is 0 Å². The summed E-state index contributed by atoms with van der Waals surface area (Å²) in [5.41, 5.74) is 1.47. The Hall–Kier alpha value is -2.20. The second-order valence-electron chi connectivity index (χ2n) is 5.27. The smallest absolute Gasteiger partial charge is 0.262 e. The van der Waals surface area contributed by atoms with E-state index in [1.807, 2.05) is 31.2 Å². The van der Waals surface area contributed by atoms with Crippen molar-refractivity contribution >= 4 is 27.3 Å². The molecule has 0 fully saturated rings. The van der Waals surface area contributed by atoms with Crippen LogP contribution in [-0.2, 0) is 0 Å². The maximum absolute atomic E-state index is 13.8. The van der Waals surface area contributed by atoms with Gasteiger partial charge in [-0.1, -0.05) is 36.4 Å². The number of benzene rings is 2. The molecule has 0 bridgehead atoms. The number of halogens is 1. The SMILES string of the molecule is Cc1c(C(=O)NC(C)c2ccccc2F)sc2ccccc12. The summed E-state index contributed by atoms with van der Waals surface area (Å²) >= 11 is 1.47. The highest BCUT2D eigenvalue weighted by molar-refractivity contribution is 7.21. The molecule has 2 nitrogen and oxygen atoms in total. The van der Waals surface area contributed by atoms with E-state index in [0.29, 0.717) is 10.4 Å². The minimum atomic E-state index is -0.377. The van der Waals surface area contributed by atoms with Crippen molar-refractivity contribution < 1.29 is 9.18 Å². The minimum Gasteiger partial charge on any atom is -0.345 e. The van der Waals surface area contributed by atoms with Crippen molar-refractivity contribution in [2.75, 3.05) is 0 Å². The molecule has 3 rings (SSSR count). The molecule has 0 aliphatic rings. The Labute approximate surface area is 132 Å². The van der Waals surface area contributed by atoms with E-state index in [2.05, 4.69) is 5.32 Å². The average Bonchev–Trinajstić information content (AvgIpc) is 2.85. The van der Waals surface area contributed by atoms with Crippen molar-refractivity contribution in [3.05, 3.63) is 70.4 Å². The molecule has 0 saturated carbocycles. The summed E-state index contributed by atoms with van der Waals surface area (Å²) < 4.78 is 14.9. The molecule has 2 aromatic carbocycles. The van der Waals surface area contributed by atoms with Gasteiger partial charge in [0, 0.05) is 10.3 Å². The van der Waals surface area contributed by atoms with Crippen LogP contribution in [0.5, 0.6) is 0 Å². The molecule has 22 heavy (non-hydrogen) atoms. The summed E-state index contributed by atoms with van der Waals surface area (Å²) in [5.74, 6) is -0.460. The van der Waals surface area contributed by atoms with Crippen LogP contribution >= 0.6 is 11.3 Å². The Morgan fingerprint density at radius 1 is 1.14 bits per heavy atom. The Morgan fingerprint density at radius 2 is 1.82 bits per heavy atom. The van der Waals surface area contributed by atoms with Crippen molar-refractivity contribution in [3.8, 4) is 0 Å². The normalized spacial score (nSPS) is 12.3. The summed E-state index contributed by atoms with van der Waals surface area (Å²) in [5, 5.41) is 3.98. The van der Waals surface area contributed by atoms with E-state index in [4.69, 9.17) is 0 Å². The summed E-state index contributed by atoms with van der Waals surface area (Å²) in [7, 11) is 0. The van der Waals surface area contributed by atoms with Crippen LogP contribution in [0.15, 0.2) is 48.5 Å².